The van der Waals surface area contributed by atoms with Crippen LogP contribution in [0.15, 0.2) is 33.6 Å². The first-order valence-electron chi connectivity index (χ1n) is 4.51. The van der Waals surface area contributed by atoms with E-state index in [2.05, 4.69) is 4.40 Å². The Morgan fingerprint density at radius 1 is 1.22 bits per heavy atom. The second-order valence-corrected chi connectivity index (χ2v) is 8.50. The van der Waals surface area contributed by atoms with Crippen molar-refractivity contribution in [1.29, 1.82) is 0 Å². The van der Waals surface area contributed by atoms with Crippen LogP contribution in [-0.2, 0) is 18.3 Å². The summed E-state index contributed by atoms with van der Waals surface area (Å²) >= 11 is 5.68. The second kappa shape index (κ2) is 7.13. The third-order valence-corrected chi connectivity index (χ3v) is 6.93. The molecule has 1 aromatic rings. The van der Waals surface area contributed by atoms with Crippen LogP contribution >= 0.6 is 32.4 Å². The maximum Gasteiger partial charge on any atom is 0.395 e. The number of hydrogen-bond acceptors (Lipinski definition) is 7. The van der Waals surface area contributed by atoms with Gasteiger partial charge in [0, 0.05) is 5.02 Å². The van der Waals surface area contributed by atoms with E-state index < -0.39 is 8.87 Å². The van der Waals surface area contributed by atoms with E-state index in [1.54, 1.807) is 0 Å². The fraction of sp³-hybridized carbons (Fsp3) is 0.222. The number of nitrogens with zero attached hydrogens (tertiary/aromatic N) is 1. The fourth-order valence-corrected chi connectivity index (χ4v) is 4.66. The van der Waals surface area contributed by atoms with E-state index in [4.69, 9.17) is 21.1 Å². The van der Waals surface area contributed by atoms with Gasteiger partial charge in [-0.2, -0.15) is 0 Å². The van der Waals surface area contributed by atoms with E-state index in [0.717, 1.165) is 11.0 Å². The van der Waals surface area contributed by atoms with Gasteiger partial charge in [0.2, 0.25) is 8.87 Å². The van der Waals surface area contributed by atoms with Crippen molar-refractivity contribution in [1.82, 2.24) is 0 Å². The molecule has 0 fully saturated rings. The van der Waals surface area contributed by atoms with Gasteiger partial charge in [0.05, 0.1) is 39.9 Å². The predicted molar refractivity (Wildman–Crippen MR) is 75.3 cm³/mol. The van der Waals surface area contributed by atoms with Crippen LogP contribution in [0.4, 0.5) is 0 Å². The van der Waals surface area contributed by atoms with E-state index >= 15 is 0 Å². The number of halogens is 1. The molecule has 1 rings (SSSR count). The molecule has 0 spiro atoms. The minimum absolute atomic E-state index is 0.00111. The van der Waals surface area contributed by atoms with Crippen molar-refractivity contribution in [2.75, 3.05) is 14.2 Å². The highest BCUT2D eigenvalue weighted by Crippen LogP contribution is 2.35. The summed E-state index contributed by atoms with van der Waals surface area (Å²) in [5, 5.41) is 0.477. The van der Waals surface area contributed by atoms with E-state index in [1.165, 1.54) is 38.5 Å². The van der Waals surface area contributed by atoms with Gasteiger partial charge in [-0.3, -0.25) is 0 Å². The van der Waals surface area contributed by atoms with Gasteiger partial charge in [-0.1, -0.05) is 11.6 Å². The molecule has 0 aliphatic heterocycles. The Morgan fingerprint density at radius 3 is 2.28 bits per heavy atom. The predicted octanol–water partition coefficient (Wildman–Crippen LogP) is 2.97. The number of rotatable bonds is 4. The van der Waals surface area contributed by atoms with Crippen LogP contribution in [0.25, 0.3) is 0 Å². The molecule has 100 valence electrons. The molecule has 0 N–H and O–H groups in total. The first-order chi connectivity index (χ1) is 8.49. The average Bonchev–Trinajstić information content (AvgIpc) is 2.35. The highest BCUT2D eigenvalue weighted by Gasteiger charge is 2.16. The molecule has 5 nitrogen and oxygen atoms in total. The summed E-state index contributed by atoms with van der Waals surface area (Å²) in [4.78, 5) is 0.163. The SMILES string of the molecule is COC(=NSSS(=O)(=O)c1ccc(Cl)cc1)OC. The summed E-state index contributed by atoms with van der Waals surface area (Å²) in [7, 11) is 0.611. The number of hydrogen-bond donors (Lipinski definition) is 0. The molecule has 18 heavy (non-hydrogen) atoms. The summed E-state index contributed by atoms with van der Waals surface area (Å²) in [6.07, 6.45) is -0.00111. The lowest BCUT2D eigenvalue weighted by molar-refractivity contribution is 0.245. The maximum absolute atomic E-state index is 11.8. The van der Waals surface area contributed by atoms with Crippen molar-refractivity contribution in [3.63, 3.8) is 0 Å². The van der Waals surface area contributed by atoms with Crippen LogP contribution in [0.5, 0.6) is 0 Å². The van der Waals surface area contributed by atoms with Crippen LogP contribution in [0.2, 0.25) is 5.02 Å². The standard InChI is InChI=1S/C9H10ClNO4S3/c1-14-9(15-2)11-16-17-18(12,13)8-5-3-7(10)4-6-8/h3-6H,1-2H3. The van der Waals surface area contributed by atoms with Crippen molar-refractivity contribution >= 4 is 47.4 Å². The summed E-state index contributed by atoms with van der Waals surface area (Å²) in [5.74, 6) is 0. The Bertz CT molecular complexity index is 509. The van der Waals surface area contributed by atoms with Crippen molar-refractivity contribution in [2.45, 2.75) is 4.90 Å². The zero-order chi connectivity index (χ0) is 13.6. The molecule has 0 atom stereocenters. The quantitative estimate of drug-likeness (QED) is 0.366. The molecule has 0 amide bonds. The lowest BCUT2D eigenvalue weighted by Crippen LogP contribution is -2.01. The van der Waals surface area contributed by atoms with E-state index in [0.29, 0.717) is 14.8 Å². The van der Waals surface area contributed by atoms with Gasteiger partial charge in [0.15, 0.2) is 0 Å². The number of methoxy groups -OCH3 is 2. The van der Waals surface area contributed by atoms with Gasteiger partial charge in [0.25, 0.3) is 0 Å². The zero-order valence-corrected chi connectivity index (χ0v) is 12.7. The summed E-state index contributed by atoms with van der Waals surface area (Å²) in [5.41, 5.74) is 0. The molecule has 1 aromatic carbocycles. The molecule has 0 aromatic heterocycles. The van der Waals surface area contributed by atoms with Gasteiger partial charge in [-0.05, 0) is 24.3 Å². The Morgan fingerprint density at radius 2 is 1.78 bits per heavy atom. The maximum atomic E-state index is 11.8. The number of benzene rings is 1. The summed E-state index contributed by atoms with van der Waals surface area (Å²) < 4.78 is 36.9. The van der Waals surface area contributed by atoms with Gasteiger partial charge < -0.3 is 9.47 Å². The molecule has 0 heterocycles. The third kappa shape index (κ3) is 4.60. The van der Waals surface area contributed by atoms with E-state index in [9.17, 15) is 8.42 Å². The summed E-state index contributed by atoms with van der Waals surface area (Å²) in [6, 6.07) is 5.89. The molecule has 0 aliphatic carbocycles. The lowest BCUT2D eigenvalue weighted by atomic mass is 10.4. The zero-order valence-electron chi connectivity index (χ0n) is 9.49. The smallest absolute Gasteiger partial charge is 0.395 e. The fourth-order valence-electron chi connectivity index (χ4n) is 0.884. The molecule has 9 heteroatoms. The minimum Gasteiger partial charge on any atom is -0.453 e. The molecule has 0 unspecified atom stereocenters. The van der Waals surface area contributed by atoms with Crippen LogP contribution in [0, 0.1) is 0 Å². The van der Waals surface area contributed by atoms with Gasteiger partial charge in [-0.25, -0.2) is 8.42 Å². The molecule has 0 aliphatic rings. The third-order valence-electron chi connectivity index (χ3n) is 1.68. The van der Waals surface area contributed by atoms with Crippen molar-refractivity contribution in [3.8, 4) is 0 Å². The van der Waals surface area contributed by atoms with Crippen molar-refractivity contribution in [3.05, 3.63) is 29.3 Å². The minimum atomic E-state index is -3.49. The summed E-state index contributed by atoms with van der Waals surface area (Å²) in [6.45, 7) is 0. The topological polar surface area (TPSA) is 65.0 Å². The van der Waals surface area contributed by atoms with Gasteiger partial charge in [-0.15, -0.1) is 4.40 Å². The van der Waals surface area contributed by atoms with Gasteiger partial charge >= 0.3 is 6.08 Å². The van der Waals surface area contributed by atoms with Crippen LogP contribution in [0.3, 0.4) is 0 Å². The Labute approximate surface area is 118 Å². The van der Waals surface area contributed by atoms with Crippen LogP contribution in [0.1, 0.15) is 0 Å². The molecular weight excluding hydrogens is 318 g/mol. The first-order valence-corrected chi connectivity index (χ1v) is 9.00. The van der Waals surface area contributed by atoms with Crippen molar-refractivity contribution < 1.29 is 17.9 Å². The molecule has 0 saturated heterocycles. The van der Waals surface area contributed by atoms with Crippen LogP contribution in [-0.4, -0.2) is 28.7 Å². The normalized spacial score (nSPS) is 10.8. The Hall–Kier alpha value is -0.570. The lowest BCUT2D eigenvalue weighted by Gasteiger charge is -2.02. The van der Waals surface area contributed by atoms with Crippen LogP contribution < -0.4 is 0 Å². The highest BCUT2D eigenvalue weighted by molar-refractivity contribution is 9.06. The molecule has 0 saturated carbocycles. The first kappa shape index (κ1) is 15.5. The second-order valence-electron chi connectivity index (χ2n) is 2.82. The number of ether oxygens (including phenoxy) is 2. The molecule has 0 bridgehead atoms. The Kier molecular flexibility index (Phi) is 6.13. The van der Waals surface area contributed by atoms with Crippen molar-refractivity contribution in [2.24, 2.45) is 4.40 Å². The van der Waals surface area contributed by atoms with E-state index in [-0.39, 0.29) is 11.0 Å². The van der Waals surface area contributed by atoms with E-state index in [1.807, 2.05) is 0 Å². The Balaban J connectivity index is 2.71. The molecular formula is C9H10ClNO4S3. The average molecular weight is 328 g/mol. The largest absolute Gasteiger partial charge is 0.453 e. The monoisotopic (exact) mass is 327 g/mol. The van der Waals surface area contributed by atoms with Gasteiger partial charge in [0.1, 0.15) is 0 Å². The molecule has 0 radical (unpaired) electrons. The highest BCUT2D eigenvalue weighted by atomic mass is 35.5.